The third-order valence-electron chi connectivity index (χ3n) is 15.9. The predicted molar refractivity (Wildman–Crippen MR) is 435 cm³/mol. The molecular weight excluding hydrogens is 1830 g/mol. The van der Waals surface area contributed by atoms with Crippen LogP contribution in [-0.2, 0) is 130 Å². The highest BCUT2D eigenvalue weighted by Crippen LogP contribution is 2.17. The monoisotopic (exact) mass is 1940 g/mol. The van der Waals surface area contributed by atoms with E-state index < -0.39 is 175 Å². The van der Waals surface area contributed by atoms with E-state index in [9.17, 15) is 128 Å². The van der Waals surface area contributed by atoms with Crippen LogP contribution in [0.4, 0.5) is 14.4 Å². The van der Waals surface area contributed by atoms with Gasteiger partial charge in [0, 0.05) is 25.9 Å². The number of amides is 2. The van der Waals surface area contributed by atoms with Gasteiger partial charge in [-0.25, -0.2) is 24.0 Å². The Hall–Kier alpha value is -14.8. The second-order valence-electron chi connectivity index (χ2n) is 26.7. The first kappa shape index (κ1) is 123. The molecule has 760 valence electrons. The minimum absolute atomic E-state index is 0.0426. The zero-order valence-corrected chi connectivity index (χ0v) is 73.1. The molecule has 0 radical (unpaired) electrons. The van der Waals surface area contributed by atoms with Crippen LogP contribution in [-0.4, -0.2) is 250 Å². The Morgan fingerprint density at radius 3 is 1.05 bits per heavy atom. The predicted octanol–water partition coefficient (Wildman–Crippen LogP) is 1.08. The molecule has 3 rings (SSSR count). The Bertz CT molecular complexity index is 4180. The fourth-order valence-electron chi connectivity index (χ4n) is 8.74. The molecule has 9 atom stereocenters. The Morgan fingerprint density at radius 2 is 0.694 bits per heavy atom. The average Bonchev–Trinajstić information content (AvgIpc) is 1.75. The van der Waals surface area contributed by atoms with E-state index >= 15 is 0 Å². The van der Waals surface area contributed by atoms with Crippen LogP contribution in [0.15, 0.2) is 51.5 Å². The number of nitrogens with two attached hydrogens (primary N) is 6. The molecule has 0 aliphatic heterocycles. The lowest BCUT2D eigenvalue weighted by Gasteiger charge is -2.18. The number of carbonyl (C=O) groups excluding carboxylic acids is 8. The number of carboxylic acid groups (broad SMARTS) is 4. The summed E-state index contributed by atoms with van der Waals surface area (Å²) < 4.78 is 62.4. The summed E-state index contributed by atoms with van der Waals surface area (Å²) >= 11 is 0. The molecule has 1 aromatic carbocycles. The zero-order valence-electron chi connectivity index (χ0n) is 73.1. The Balaban J connectivity index is -0.00000157. The molecule has 2 heterocycles. The largest absolute Gasteiger partial charge is 0.519 e. The lowest BCUT2D eigenvalue weighted by atomic mass is 10.1. The van der Waals surface area contributed by atoms with Crippen LogP contribution >= 0.6 is 0 Å². The van der Waals surface area contributed by atoms with Gasteiger partial charge in [0.1, 0.15) is 60.3 Å². The molecule has 0 bridgehead atoms. The number of nitrogens with zero attached hydrogens (tertiary/aromatic N) is 6. The van der Waals surface area contributed by atoms with Crippen LogP contribution in [0.1, 0.15) is 171 Å². The number of carboxylic acids is 4. The van der Waals surface area contributed by atoms with Crippen molar-refractivity contribution in [3.63, 3.8) is 0 Å². The van der Waals surface area contributed by atoms with Gasteiger partial charge in [0.15, 0.2) is 36.3 Å². The summed E-state index contributed by atoms with van der Waals surface area (Å²) in [6.45, 7) is 7.01. The molecule has 18 N–H and O–H groups in total. The number of aryl methyl sites for hydroxylation is 2. The Morgan fingerprint density at radius 1 is 0.373 bits per heavy atom. The van der Waals surface area contributed by atoms with Crippen molar-refractivity contribution in [1.29, 1.82) is 0 Å². The highest BCUT2D eigenvalue weighted by Gasteiger charge is 2.29. The summed E-state index contributed by atoms with van der Waals surface area (Å²) in [6, 6.07) is -0.976. The molecule has 9 unspecified atom stereocenters. The molecule has 63 heteroatoms. The third kappa shape index (κ3) is 70.2. The summed E-state index contributed by atoms with van der Waals surface area (Å²) in [5.74, 6) is -9.72. The summed E-state index contributed by atoms with van der Waals surface area (Å²) in [4.78, 5) is 239. The molecule has 0 saturated carbocycles. The maximum Gasteiger partial charge on any atom is 0.519 e. The normalized spacial score (nSPS) is 12.3. The van der Waals surface area contributed by atoms with E-state index in [0.717, 1.165) is 32.1 Å². The van der Waals surface area contributed by atoms with E-state index in [1.807, 2.05) is 0 Å². The molecular formula is C71H112N14O49. The van der Waals surface area contributed by atoms with Crippen molar-refractivity contribution >= 4 is 72.1 Å². The first-order valence-electron chi connectivity index (χ1n) is 39.9. The van der Waals surface area contributed by atoms with Gasteiger partial charge in [-0.3, -0.25) is 43.2 Å². The minimum Gasteiger partial charge on any atom is -0.480 e. The maximum atomic E-state index is 12.1. The first-order chi connectivity index (χ1) is 63.0. The molecule has 2 amide bonds. The molecule has 0 spiro atoms. The zero-order chi connectivity index (χ0) is 102. The molecule has 63 nitrogen and oxygen atoms in total. The molecule has 2 aromatic heterocycles. The van der Waals surface area contributed by atoms with E-state index in [1.54, 1.807) is 12.1 Å². The van der Waals surface area contributed by atoms with Crippen molar-refractivity contribution in [3.8, 4) is 5.75 Å². The van der Waals surface area contributed by atoms with Gasteiger partial charge < -0.3 is 155 Å². The van der Waals surface area contributed by atoms with E-state index in [-0.39, 0.29) is 140 Å². The number of unbranched alkanes of at least 4 members (excludes halogenated alkanes) is 10. The van der Waals surface area contributed by atoms with Gasteiger partial charge in [-0.05, 0) is 129 Å². The molecule has 0 fully saturated rings. The lowest BCUT2D eigenvalue weighted by molar-refractivity contribution is -0.757. The number of nitrogens with one attached hydrogen (secondary N) is 2. The standard InChI is InChI=1S/C21H26N2O11.C13H18N2O10.C11H21N3O7.C10H18N2O7.C9H17N3O7.C7H12N2O7/c1-14-18(34-21(26)32-14)13-30-19(24)17(22)12-15-6-8-16(9-7-15)33-20(25)29-10-4-2-3-5-11-31-23(27)28;1-7-9(25-13(18)24-7)6-21-12(17)11(14)8(2)23-10(16)4-3-5-22-15(19)20;1-8(9(12)10(15)16)21-11(17)13-6-4-2-3-5-7-20-14(18)19;11-8(10(14)15)7-9(13)18-5-3-1-2-4-6-19-12(16)17;1-6(7(10)8(13)14)19-9(15)11-4-2-3-5-18-12(16)17;8-5(7(11)12)4-6(10)15-2-1-3-16-9(13)14/h6-9,17H,2-5,10-13,22H2,1H3;8,11H,3-6,14H2,1-2H3;8-9H,2-7,12H2,1H3,(H,13,17)(H,15,16);8H,1-7,11H2,(H,14,15);6-7H,2-5,10H2,1H3,(H,11,15)(H,13,14);5H,1-4,8H2,(H,11,12). The van der Waals surface area contributed by atoms with Crippen LogP contribution in [0.3, 0.4) is 0 Å². The van der Waals surface area contributed by atoms with Crippen molar-refractivity contribution < 1.29 is 198 Å². The third-order valence-corrected chi connectivity index (χ3v) is 15.9. The van der Waals surface area contributed by atoms with Crippen molar-refractivity contribution in [2.45, 2.75) is 231 Å². The van der Waals surface area contributed by atoms with E-state index in [0.29, 0.717) is 69.9 Å². The lowest BCUT2D eigenvalue weighted by Crippen LogP contribution is -2.44. The summed E-state index contributed by atoms with van der Waals surface area (Å²) in [6.07, 6.45) is 2.99. The van der Waals surface area contributed by atoms with Gasteiger partial charge in [0.05, 0.1) is 72.3 Å². The summed E-state index contributed by atoms with van der Waals surface area (Å²) in [7, 11) is 0. The summed E-state index contributed by atoms with van der Waals surface area (Å²) in [5, 5.41) is 92.7. The number of hydrogen-bond acceptors (Lipinski definition) is 51. The molecule has 0 saturated heterocycles. The number of carbonyl (C=O) groups is 12. The number of aliphatic carboxylic acids is 4. The number of benzene rings is 1. The quantitative estimate of drug-likeness (QED) is 0.00939. The van der Waals surface area contributed by atoms with Crippen molar-refractivity contribution in [2.24, 2.45) is 34.4 Å². The maximum absolute atomic E-state index is 12.1. The fraction of sp³-hybridized carbons (Fsp3) is 0.662. The second kappa shape index (κ2) is 74.0. The van der Waals surface area contributed by atoms with Gasteiger partial charge in [0.2, 0.25) is 0 Å². The number of rotatable bonds is 63. The SMILES string of the molecule is CC(OC(=O)NCCCCCCO[N+](=O)[O-])C(N)C(=O)O.CC(OC(=O)NCCCCO[N+](=O)[O-])C(N)C(=O)O.Cc1oc(=O)oc1COC(=O)C(N)C(C)OC(=O)CCCO[N+](=O)[O-].Cc1oc(=O)oc1COC(=O)C(N)Cc1ccc(OC(=O)OCCCCCCO[N+](=O)[O-])cc1.NC(CC(=O)OCCCCCCO[N+](=O)[O-])C(=O)O.NC(CC(=O)OCCCO[N+](=O)[O-])C(=O)O. The van der Waals surface area contributed by atoms with Gasteiger partial charge >= 0.3 is 83.7 Å². The van der Waals surface area contributed by atoms with E-state index in [4.69, 9.17) is 97.1 Å². The van der Waals surface area contributed by atoms with Crippen LogP contribution in [0, 0.1) is 74.5 Å². The van der Waals surface area contributed by atoms with Crippen molar-refractivity contribution in [2.75, 3.05) is 72.6 Å². The highest BCUT2D eigenvalue weighted by molar-refractivity contribution is 5.82. The molecule has 3 aromatic rings. The van der Waals surface area contributed by atoms with E-state index in [1.165, 1.54) is 46.8 Å². The first-order valence-corrected chi connectivity index (χ1v) is 39.9. The van der Waals surface area contributed by atoms with E-state index in [2.05, 4.69) is 57.6 Å². The van der Waals surface area contributed by atoms with Gasteiger partial charge in [-0.1, -0.05) is 37.8 Å². The van der Waals surface area contributed by atoms with Crippen LogP contribution in [0.5, 0.6) is 5.75 Å². The van der Waals surface area contributed by atoms with Crippen LogP contribution in [0.2, 0.25) is 0 Å². The van der Waals surface area contributed by atoms with Crippen LogP contribution < -0.4 is 61.4 Å². The number of esters is 5. The second-order valence-corrected chi connectivity index (χ2v) is 26.7. The van der Waals surface area contributed by atoms with Gasteiger partial charge in [-0.2, -0.15) is 0 Å². The molecule has 0 aliphatic rings. The number of hydrogen-bond donors (Lipinski definition) is 12. The highest BCUT2D eigenvalue weighted by atomic mass is 17.0. The molecule has 0 aliphatic carbocycles. The van der Waals surface area contributed by atoms with Crippen molar-refractivity contribution in [1.82, 2.24) is 10.6 Å². The molecule has 134 heavy (non-hydrogen) atoms. The Kier molecular flexibility index (Phi) is 68.1. The smallest absolute Gasteiger partial charge is 0.480 e. The number of alkyl carbamates (subject to hydrolysis) is 2. The van der Waals surface area contributed by atoms with Crippen LogP contribution in [0.25, 0.3) is 0 Å². The van der Waals surface area contributed by atoms with Crippen molar-refractivity contribution in [3.05, 3.63) is 135 Å². The topological polar surface area (TPSA) is 950 Å². The van der Waals surface area contributed by atoms with Gasteiger partial charge in [-0.15, -0.1) is 60.7 Å². The average molecular weight is 1950 g/mol. The fourth-order valence-corrected chi connectivity index (χ4v) is 8.74. The minimum atomic E-state index is -1.30. The Labute approximate surface area is 756 Å². The number of ether oxygens (including phenoxy) is 9. The summed E-state index contributed by atoms with van der Waals surface area (Å²) in [5.41, 5.74) is 33.0. The van der Waals surface area contributed by atoms with Gasteiger partial charge in [0.25, 0.3) is 30.5 Å².